The number of fused-ring (bicyclic) bond motifs is 1. The Morgan fingerprint density at radius 3 is 2.65 bits per heavy atom. The van der Waals surface area contributed by atoms with Gasteiger partial charge in [0.25, 0.3) is 5.91 Å². The van der Waals surface area contributed by atoms with Crippen LogP contribution in [0.4, 0.5) is 5.69 Å². The fourth-order valence-electron chi connectivity index (χ4n) is 5.35. The van der Waals surface area contributed by atoms with Crippen molar-refractivity contribution in [1.29, 1.82) is 0 Å². The van der Waals surface area contributed by atoms with Gasteiger partial charge in [-0.25, -0.2) is 0 Å². The fraction of sp³-hybridized carbons (Fsp3) is 0.464. The number of amides is 3. The predicted molar refractivity (Wildman–Crippen MR) is 140 cm³/mol. The Bertz CT molecular complexity index is 1170. The quantitative estimate of drug-likeness (QED) is 0.418. The number of carbonyl (C=O) groups excluding carboxylic acids is 3. The summed E-state index contributed by atoms with van der Waals surface area (Å²) in [4.78, 5) is 43.1. The molecule has 2 saturated heterocycles. The molecule has 2 atom stereocenters. The van der Waals surface area contributed by atoms with Crippen molar-refractivity contribution in [1.82, 2.24) is 15.1 Å². The van der Waals surface area contributed by atoms with Crippen molar-refractivity contribution in [3.8, 4) is 5.75 Å². The second-order valence-electron chi connectivity index (χ2n) is 10.1. The van der Waals surface area contributed by atoms with Gasteiger partial charge < -0.3 is 20.3 Å². The number of anilines is 1. The summed E-state index contributed by atoms with van der Waals surface area (Å²) in [6.07, 6.45) is 1.60. The Hall–Kier alpha value is -3.43. The van der Waals surface area contributed by atoms with Gasteiger partial charge in [0, 0.05) is 63.0 Å². The van der Waals surface area contributed by atoms with E-state index < -0.39 is 6.04 Å². The lowest BCUT2D eigenvalue weighted by atomic mass is 10.0. The zero-order valence-electron chi connectivity index (χ0n) is 21.3. The Kier molecular flexibility index (Phi) is 7.43. The molecule has 2 fully saturated rings. The summed E-state index contributed by atoms with van der Waals surface area (Å²) in [5, 5.41) is 2.36. The van der Waals surface area contributed by atoms with Crippen LogP contribution in [-0.2, 0) is 16.1 Å². The maximum absolute atomic E-state index is 12.9. The van der Waals surface area contributed by atoms with E-state index in [0.29, 0.717) is 25.1 Å². The number of nitrogens with one attached hydrogen (secondary N) is 1. The van der Waals surface area contributed by atoms with E-state index in [2.05, 4.69) is 21.2 Å². The van der Waals surface area contributed by atoms with Crippen molar-refractivity contribution in [2.24, 2.45) is 5.73 Å². The molecule has 3 aliphatic heterocycles. The van der Waals surface area contributed by atoms with Crippen molar-refractivity contribution < 1.29 is 19.1 Å². The van der Waals surface area contributed by atoms with Crippen LogP contribution >= 0.6 is 0 Å². The molecule has 3 heterocycles. The van der Waals surface area contributed by atoms with Crippen molar-refractivity contribution in [3.63, 3.8) is 0 Å². The standard InChI is InChI=1S/C28H35N5O4/c1-19(29)20-4-2-5-23(17-20)37-15-3-10-31-11-13-32(14-12-31)22-6-7-24-21(16-22)18-33(28(24)36)25-8-9-26(34)30-27(25)35/h2,4-7,16-17,19,25H,3,8-15,18,29H2,1H3,(H,30,34,35)/t19-,25?/m1/s1. The van der Waals surface area contributed by atoms with E-state index in [1.165, 1.54) is 0 Å². The van der Waals surface area contributed by atoms with Gasteiger partial charge in [-0.1, -0.05) is 12.1 Å². The zero-order chi connectivity index (χ0) is 25.9. The molecule has 0 saturated carbocycles. The first-order valence-electron chi connectivity index (χ1n) is 13.1. The van der Waals surface area contributed by atoms with Gasteiger partial charge in [-0.05, 0) is 61.2 Å². The summed E-state index contributed by atoms with van der Waals surface area (Å²) in [7, 11) is 0. The highest BCUT2D eigenvalue weighted by Crippen LogP contribution is 2.31. The lowest BCUT2D eigenvalue weighted by molar-refractivity contribution is -0.136. The Balaban J connectivity index is 1.09. The zero-order valence-corrected chi connectivity index (χ0v) is 21.3. The van der Waals surface area contributed by atoms with Crippen molar-refractivity contribution in [3.05, 3.63) is 59.2 Å². The highest BCUT2D eigenvalue weighted by atomic mass is 16.5. The third-order valence-electron chi connectivity index (χ3n) is 7.52. The Morgan fingerprint density at radius 1 is 1.08 bits per heavy atom. The van der Waals surface area contributed by atoms with Crippen LogP contribution in [0.5, 0.6) is 5.75 Å². The summed E-state index contributed by atoms with van der Waals surface area (Å²) in [6, 6.07) is 13.4. The van der Waals surface area contributed by atoms with Crippen LogP contribution < -0.4 is 20.7 Å². The predicted octanol–water partition coefficient (Wildman–Crippen LogP) is 2.06. The second-order valence-corrected chi connectivity index (χ2v) is 10.1. The highest BCUT2D eigenvalue weighted by molar-refractivity contribution is 6.05. The number of carbonyl (C=O) groups is 3. The Labute approximate surface area is 217 Å². The van der Waals surface area contributed by atoms with E-state index in [-0.39, 0.29) is 30.2 Å². The molecular weight excluding hydrogens is 470 g/mol. The van der Waals surface area contributed by atoms with Gasteiger partial charge in [-0.3, -0.25) is 24.6 Å². The Morgan fingerprint density at radius 2 is 1.89 bits per heavy atom. The van der Waals surface area contributed by atoms with Crippen LogP contribution in [0.15, 0.2) is 42.5 Å². The largest absolute Gasteiger partial charge is 0.494 e. The molecule has 2 aromatic carbocycles. The molecule has 5 rings (SSSR count). The van der Waals surface area contributed by atoms with Crippen LogP contribution in [0.1, 0.15) is 53.7 Å². The average molecular weight is 506 g/mol. The maximum Gasteiger partial charge on any atom is 0.255 e. The number of hydrogen-bond donors (Lipinski definition) is 2. The van der Waals surface area contributed by atoms with Crippen molar-refractivity contribution in [2.75, 3.05) is 44.2 Å². The fourth-order valence-corrected chi connectivity index (χ4v) is 5.35. The minimum absolute atomic E-state index is 0.00437. The number of hydrogen-bond acceptors (Lipinski definition) is 7. The van der Waals surface area contributed by atoms with E-state index >= 15 is 0 Å². The third-order valence-corrected chi connectivity index (χ3v) is 7.52. The minimum atomic E-state index is -0.582. The summed E-state index contributed by atoms with van der Waals surface area (Å²) in [5.74, 6) is 0.0855. The summed E-state index contributed by atoms with van der Waals surface area (Å²) >= 11 is 0. The van der Waals surface area contributed by atoms with E-state index in [4.69, 9.17) is 10.5 Å². The normalized spacial score (nSPS) is 21.1. The molecule has 0 radical (unpaired) electrons. The molecule has 3 N–H and O–H groups in total. The number of piperazine rings is 1. The molecule has 9 nitrogen and oxygen atoms in total. The molecule has 0 bridgehead atoms. The smallest absolute Gasteiger partial charge is 0.255 e. The molecule has 3 aliphatic rings. The number of rotatable bonds is 8. The molecule has 2 aromatic rings. The summed E-state index contributed by atoms with van der Waals surface area (Å²) in [6.45, 7) is 7.81. The lowest BCUT2D eigenvalue weighted by Crippen LogP contribution is -2.52. The molecular formula is C28H35N5O4. The number of ether oxygens (including phenoxy) is 1. The molecule has 3 amide bonds. The second kappa shape index (κ2) is 10.9. The summed E-state index contributed by atoms with van der Waals surface area (Å²) < 4.78 is 5.93. The van der Waals surface area contributed by atoms with Gasteiger partial charge in [0.05, 0.1) is 6.61 Å². The monoisotopic (exact) mass is 505 g/mol. The average Bonchev–Trinajstić information content (AvgIpc) is 3.22. The summed E-state index contributed by atoms with van der Waals surface area (Å²) in [5.41, 5.74) is 9.74. The first kappa shape index (κ1) is 25.2. The van der Waals surface area contributed by atoms with Gasteiger partial charge in [0.15, 0.2) is 0 Å². The van der Waals surface area contributed by atoms with Gasteiger partial charge >= 0.3 is 0 Å². The first-order chi connectivity index (χ1) is 17.9. The van der Waals surface area contributed by atoms with E-state index in [1.807, 2.05) is 43.3 Å². The molecule has 0 aliphatic carbocycles. The van der Waals surface area contributed by atoms with Crippen LogP contribution in [0, 0.1) is 0 Å². The maximum atomic E-state index is 12.9. The van der Waals surface area contributed by atoms with Crippen LogP contribution in [0.25, 0.3) is 0 Å². The molecule has 0 spiro atoms. The van der Waals surface area contributed by atoms with Crippen molar-refractivity contribution >= 4 is 23.4 Å². The van der Waals surface area contributed by atoms with E-state index in [9.17, 15) is 14.4 Å². The molecule has 1 unspecified atom stereocenters. The highest BCUT2D eigenvalue weighted by Gasteiger charge is 2.39. The number of benzene rings is 2. The van der Waals surface area contributed by atoms with Gasteiger partial charge in [-0.2, -0.15) is 0 Å². The van der Waals surface area contributed by atoms with Gasteiger partial charge in [-0.15, -0.1) is 0 Å². The number of nitrogens with zero attached hydrogens (tertiary/aromatic N) is 3. The lowest BCUT2D eigenvalue weighted by Gasteiger charge is -2.36. The molecule has 9 heteroatoms. The SMILES string of the molecule is C[C@@H](N)c1cccc(OCCCN2CCN(c3ccc4c(c3)CN(C3CCC(=O)NC3=O)C4=O)CC2)c1. The third kappa shape index (κ3) is 5.62. The number of nitrogens with two attached hydrogens (primary N) is 1. The van der Waals surface area contributed by atoms with E-state index in [0.717, 1.165) is 61.7 Å². The van der Waals surface area contributed by atoms with Crippen LogP contribution in [0.2, 0.25) is 0 Å². The topological polar surface area (TPSA) is 108 Å². The first-order valence-corrected chi connectivity index (χ1v) is 13.1. The molecule has 0 aromatic heterocycles. The van der Waals surface area contributed by atoms with Gasteiger partial charge in [0.2, 0.25) is 11.8 Å². The van der Waals surface area contributed by atoms with Crippen molar-refractivity contribution in [2.45, 2.75) is 44.8 Å². The number of imide groups is 1. The van der Waals surface area contributed by atoms with E-state index in [1.54, 1.807) is 4.90 Å². The van der Waals surface area contributed by atoms with Crippen LogP contribution in [-0.4, -0.2) is 72.9 Å². The molecule has 196 valence electrons. The molecule has 37 heavy (non-hydrogen) atoms. The van der Waals surface area contributed by atoms with Crippen LogP contribution in [0.3, 0.4) is 0 Å². The number of piperidine rings is 1. The minimum Gasteiger partial charge on any atom is -0.494 e. The van der Waals surface area contributed by atoms with Gasteiger partial charge in [0.1, 0.15) is 11.8 Å².